The number of halogens is 1. The molecule has 0 spiro atoms. The van der Waals surface area contributed by atoms with E-state index in [-0.39, 0.29) is 16.7 Å². The second-order valence-electron chi connectivity index (χ2n) is 5.93. The van der Waals surface area contributed by atoms with Gasteiger partial charge in [0.05, 0.1) is 29.4 Å². The summed E-state index contributed by atoms with van der Waals surface area (Å²) in [4.78, 5) is 37.6. The molecule has 3 heterocycles. The number of hydrogen-bond acceptors (Lipinski definition) is 6. The Labute approximate surface area is 163 Å². The molecule has 0 saturated heterocycles. The average Bonchev–Trinajstić information content (AvgIpc) is 2.70. The Balaban J connectivity index is 1.87. The van der Waals surface area contributed by atoms with Crippen molar-refractivity contribution in [2.75, 3.05) is 0 Å². The third-order valence-electron chi connectivity index (χ3n) is 4.13. The Kier molecular flexibility index (Phi) is 4.43. The Bertz CT molecular complexity index is 1300. The van der Waals surface area contributed by atoms with Gasteiger partial charge >= 0.3 is 5.69 Å². The minimum Gasteiger partial charge on any atom is -0.328 e. The molecule has 1 aromatic carbocycles. The van der Waals surface area contributed by atoms with Gasteiger partial charge in [-0.1, -0.05) is 6.07 Å². The molecule has 2 aromatic rings. The summed E-state index contributed by atoms with van der Waals surface area (Å²) in [5.41, 5.74) is 0.424. The van der Waals surface area contributed by atoms with E-state index in [1.165, 1.54) is 6.07 Å². The lowest BCUT2D eigenvalue weighted by Gasteiger charge is -2.15. The highest BCUT2D eigenvalue weighted by Gasteiger charge is 2.18. The van der Waals surface area contributed by atoms with Crippen molar-refractivity contribution in [3.05, 3.63) is 92.2 Å². The zero-order valence-corrected chi connectivity index (χ0v) is 15.0. The fourth-order valence-electron chi connectivity index (χ4n) is 2.87. The molecule has 0 atom stereocenters. The van der Waals surface area contributed by atoms with Gasteiger partial charge in [-0.05, 0) is 41.9 Å². The molecule has 0 unspecified atom stereocenters. The van der Waals surface area contributed by atoms with Gasteiger partial charge in [0.1, 0.15) is 0 Å². The predicted octanol–water partition coefficient (Wildman–Crippen LogP) is 1.86. The summed E-state index contributed by atoms with van der Waals surface area (Å²) in [7, 11) is 0. The molecule has 0 bridgehead atoms. The van der Waals surface area contributed by atoms with Crippen molar-refractivity contribution in [2.45, 2.75) is 6.54 Å². The van der Waals surface area contributed by atoms with Crippen LogP contribution in [0.5, 0.6) is 0 Å². The Morgan fingerprint density at radius 1 is 1.11 bits per heavy atom. The molecular formula is C19H11ClN6O2. The maximum absolute atomic E-state index is 13.0. The van der Waals surface area contributed by atoms with E-state index >= 15 is 0 Å². The highest BCUT2D eigenvalue weighted by atomic mass is 35.5. The van der Waals surface area contributed by atoms with E-state index in [1.54, 1.807) is 53.5 Å². The number of benzene rings is 1. The van der Waals surface area contributed by atoms with Crippen LogP contribution in [0.4, 0.5) is 0 Å². The SMILES string of the molecule is N#Cc1cccc(-n2c(=O)nc3n(Cc4cnc(Cl)nc4)cccc-3c2=O)c1. The van der Waals surface area contributed by atoms with Gasteiger partial charge in [-0.2, -0.15) is 10.2 Å². The molecule has 1 aromatic heterocycles. The summed E-state index contributed by atoms with van der Waals surface area (Å²) >= 11 is 5.70. The smallest absolute Gasteiger partial charge is 0.328 e. The molecule has 0 saturated carbocycles. The first-order valence-corrected chi connectivity index (χ1v) is 8.54. The topological polar surface area (TPSA) is 106 Å². The summed E-state index contributed by atoms with van der Waals surface area (Å²) in [5.74, 6) is 0.250. The number of pyridine rings is 1. The fraction of sp³-hybridized carbons (Fsp3) is 0.0526. The van der Waals surface area contributed by atoms with Crippen molar-refractivity contribution >= 4 is 11.6 Å². The van der Waals surface area contributed by atoms with Crippen LogP contribution in [-0.4, -0.2) is 24.1 Å². The number of hydrogen-bond donors (Lipinski definition) is 0. The van der Waals surface area contributed by atoms with E-state index in [4.69, 9.17) is 16.9 Å². The molecule has 0 radical (unpaired) electrons. The normalized spacial score (nSPS) is 10.7. The third kappa shape index (κ3) is 3.15. The molecule has 8 nitrogen and oxygen atoms in total. The summed E-state index contributed by atoms with van der Waals surface area (Å²) in [5, 5.41) is 9.19. The van der Waals surface area contributed by atoms with Crippen LogP contribution in [0, 0.1) is 11.3 Å². The maximum Gasteiger partial charge on any atom is 0.357 e. The molecule has 28 heavy (non-hydrogen) atoms. The molecule has 9 heteroatoms. The second kappa shape index (κ2) is 7.06. The van der Waals surface area contributed by atoms with Crippen molar-refractivity contribution in [3.8, 4) is 23.1 Å². The number of nitriles is 1. The molecule has 2 aliphatic rings. The molecule has 0 fully saturated rings. The van der Waals surface area contributed by atoms with Gasteiger partial charge in [0.25, 0.3) is 5.56 Å². The first-order valence-electron chi connectivity index (χ1n) is 8.16. The Morgan fingerprint density at radius 2 is 1.89 bits per heavy atom. The van der Waals surface area contributed by atoms with E-state index < -0.39 is 11.2 Å². The molecule has 0 N–H and O–H groups in total. The van der Waals surface area contributed by atoms with Crippen molar-refractivity contribution in [2.24, 2.45) is 0 Å². The molecule has 4 rings (SSSR count). The van der Waals surface area contributed by atoms with Gasteiger partial charge in [-0.3, -0.25) is 4.79 Å². The predicted molar refractivity (Wildman–Crippen MR) is 102 cm³/mol. The van der Waals surface area contributed by atoms with Crippen LogP contribution in [0.3, 0.4) is 0 Å². The van der Waals surface area contributed by atoms with Crippen LogP contribution < -0.4 is 11.2 Å². The van der Waals surface area contributed by atoms with Crippen molar-refractivity contribution in [3.63, 3.8) is 0 Å². The van der Waals surface area contributed by atoms with Crippen molar-refractivity contribution < 1.29 is 0 Å². The summed E-state index contributed by atoms with van der Waals surface area (Å²) < 4.78 is 2.62. The molecular weight excluding hydrogens is 380 g/mol. The van der Waals surface area contributed by atoms with Crippen LogP contribution in [0.1, 0.15) is 11.1 Å². The lowest BCUT2D eigenvalue weighted by atomic mass is 10.2. The van der Waals surface area contributed by atoms with E-state index in [0.29, 0.717) is 17.8 Å². The first-order chi connectivity index (χ1) is 13.6. The quantitative estimate of drug-likeness (QED) is 0.494. The summed E-state index contributed by atoms with van der Waals surface area (Å²) in [6, 6.07) is 11.5. The minimum absolute atomic E-state index is 0.133. The number of aromatic nitrogens is 5. The van der Waals surface area contributed by atoms with Gasteiger partial charge in [-0.25, -0.2) is 19.3 Å². The first kappa shape index (κ1) is 17.6. The Hall–Kier alpha value is -3.83. The lowest BCUT2D eigenvalue weighted by Crippen LogP contribution is -2.36. The van der Waals surface area contributed by atoms with Crippen LogP contribution in [0.15, 0.2) is 64.6 Å². The Morgan fingerprint density at radius 3 is 2.64 bits per heavy atom. The van der Waals surface area contributed by atoms with E-state index in [1.807, 2.05) is 6.07 Å². The van der Waals surface area contributed by atoms with Crippen molar-refractivity contribution in [1.29, 1.82) is 5.26 Å². The van der Waals surface area contributed by atoms with E-state index in [0.717, 1.165) is 10.1 Å². The van der Waals surface area contributed by atoms with Gasteiger partial charge in [0.15, 0.2) is 5.82 Å². The van der Waals surface area contributed by atoms with Gasteiger partial charge < -0.3 is 4.57 Å². The van der Waals surface area contributed by atoms with Gasteiger partial charge in [0, 0.05) is 24.2 Å². The zero-order valence-electron chi connectivity index (χ0n) is 14.3. The molecule has 136 valence electrons. The summed E-state index contributed by atoms with van der Waals surface area (Å²) in [6.45, 7) is 0.314. The molecule has 0 amide bonds. The van der Waals surface area contributed by atoms with Crippen LogP contribution in [-0.2, 0) is 6.54 Å². The monoisotopic (exact) mass is 390 g/mol. The zero-order chi connectivity index (χ0) is 19.7. The molecule has 2 aliphatic heterocycles. The average molecular weight is 391 g/mol. The number of fused-ring (bicyclic) bond motifs is 1. The largest absolute Gasteiger partial charge is 0.357 e. The standard InChI is InChI=1S/C19H11ClN6O2/c20-18-22-9-13(10-23-18)11-25-6-2-5-15-16(25)24-19(28)26(17(15)27)14-4-1-3-12(7-14)8-21/h1-7,9-10H,11H2. The second-order valence-corrected chi connectivity index (χ2v) is 6.27. The summed E-state index contributed by atoms with van der Waals surface area (Å²) in [6.07, 6.45) is 4.84. The van der Waals surface area contributed by atoms with Gasteiger partial charge in [0.2, 0.25) is 5.28 Å². The van der Waals surface area contributed by atoms with Crippen LogP contribution in [0.25, 0.3) is 17.1 Å². The van der Waals surface area contributed by atoms with E-state index in [9.17, 15) is 9.59 Å². The maximum atomic E-state index is 13.0. The highest BCUT2D eigenvalue weighted by Crippen LogP contribution is 2.16. The molecule has 0 aliphatic carbocycles. The van der Waals surface area contributed by atoms with E-state index in [2.05, 4.69) is 15.0 Å². The third-order valence-corrected chi connectivity index (χ3v) is 4.32. The number of rotatable bonds is 3. The van der Waals surface area contributed by atoms with Crippen LogP contribution in [0.2, 0.25) is 5.28 Å². The van der Waals surface area contributed by atoms with Crippen molar-refractivity contribution in [1.82, 2.24) is 24.1 Å². The highest BCUT2D eigenvalue weighted by molar-refractivity contribution is 6.28. The van der Waals surface area contributed by atoms with Crippen LogP contribution >= 0.6 is 11.6 Å². The fourth-order valence-corrected chi connectivity index (χ4v) is 2.97. The minimum atomic E-state index is -0.722. The lowest BCUT2D eigenvalue weighted by molar-refractivity contribution is 0.747. The number of nitrogens with zero attached hydrogens (tertiary/aromatic N) is 6. The van der Waals surface area contributed by atoms with Gasteiger partial charge in [-0.15, -0.1) is 0 Å².